The molecule has 1 heterocycles. The van der Waals surface area contributed by atoms with E-state index in [1.807, 2.05) is 6.07 Å². The number of hydrogen-bond acceptors (Lipinski definition) is 2. The van der Waals surface area contributed by atoms with Gasteiger partial charge in [-0.1, -0.05) is 41.9 Å². The molecule has 0 aliphatic rings. The van der Waals surface area contributed by atoms with Crippen LogP contribution in [0.2, 0.25) is 5.02 Å². The first-order chi connectivity index (χ1) is 14.4. The molecular weight excluding hydrogens is 413 g/mol. The normalized spacial score (nSPS) is 11.0. The van der Waals surface area contributed by atoms with Gasteiger partial charge in [-0.25, -0.2) is 18.2 Å². The summed E-state index contributed by atoms with van der Waals surface area (Å²) in [7, 11) is 0. The van der Waals surface area contributed by atoms with E-state index < -0.39 is 29.0 Å². The third kappa shape index (κ3) is 3.50. The largest absolute Gasteiger partial charge is 0.319 e. The Bertz CT molecular complexity index is 1310. The molecule has 0 bridgehead atoms. The van der Waals surface area contributed by atoms with Crippen molar-refractivity contribution in [2.45, 2.75) is 6.92 Å². The van der Waals surface area contributed by atoms with E-state index >= 15 is 0 Å². The van der Waals surface area contributed by atoms with E-state index in [2.05, 4.69) is 10.3 Å². The average molecular weight is 427 g/mol. The molecule has 1 amide bonds. The molecule has 1 N–H and O–H groups in total. The van der Waals surface area contributed by atoms with E-state index in [0.29, 0.717) is 32.7 Å². The van der Waals surface area contributed by atoms with Crippen molar-refractivity contribution in [1.82, 2.24) is 4.98 Å². The molecule has 0 fully saturated rings. The number of amides is 1. The van der Waals surface area contributed by atoms with Crippen molar-refractivity contribution in [2.75, 3.05) is 5.32 Å². The second-order valence-electron chi connectivity index (χ2n) is 6.66. The van der Waals surface area contributed by atoms with Gasteiger partial charge in [-0.15, -0.1) is 0 Å². The van der Waals surface area contributed by atoms with Gasteiger partial charge in [-0.05, 0) is 42.8 Å². The summed E-state index contributed by atoms with van der Waals surface area (Å²) < 4.78 is 40.9. The first-order valence-electron chi connectivity index (χ1n) is 8.97. The average Bonchev–Trinajstić information content (AvgIpc) is 2.73. The summed E-state index contributed by atoms with van der Waals surface area (Å²) in [5.74, 6) is -5.11. The fraction of sp³-hybridized carbons (Fsp3) is 0.0435. The van der Waals surface area contributed by atoms with Crippen molar-refractivity contribution >= 4 is 34.1 Å². The molecule has 4 aromatic rings. The maximum absolute atomic E-state index is 14.1. The van der Waals surface area contributed by atoms with Crippen LogP contribution in [0.3, 0.4) is 0 Å². The lowest BCUT2D eigenvalue weighted by Gasteiger charge is -2.15. The van der Waals surface area contributed by atoms with Gasteiger partial charge in [0.15, 0.2) is 17.5 Å². The minimum atomic E-state index is -1.65. The minimum Gasteiger partial charge on any atom is -0.319 e. The van der Waals surface area contributed by atoms with Crippen molar-refractivity contribution in [3.8, 4) is 11.3 Å². The summed E-state index contributed by atoms with van der Waals surface area (Å²) in [6.07, 6.45) is 0. The van der Waals surface area contributed by atoms with E-state index in [0.717, 1.165) is 12.1 Å². The number of hydrogen-bond donors (Lipinski definition) is 1. The zero-order valence-electron chi connectivity index (χ0n) is 15.6. The quantitative estimate of drug-likeness (QED) is 0.378. The number of pyridine rings is 1. The third-order valence-corrected chi connectivity index (χ3v) is 4.98. The number of carbonyl (C=O) groups is 1. The fourth-order valence-corrected chi connectivity index (χ4v) is 3.51. The van der Waals surface area contributed by atoms with Gasteiger partial charge in [-0.2, -0.15) is 0 Å². The molecule has 1 aromatic heterocycles. The number of para-hydroxylation sites is 1. The van der Waals surface area contributed by atoms with Crippen LogP contribution in [-0.2, 0) is 0 Å². The van der Waals surface area contributed by atoms with E-state index in [-0.39, 0.29) is 5.56 Å². The molecular formula is C23H14ClF3N2O. The predicted octanol–water partition coefficient (Wildman–Crippen LogP) is 6.53. The first kappa shape index (κ1) is 19.9. The van der Waals surface area contributed by atoms with E-state index in [1.165, 1.54) is 0 Å². The molecule has 30 heavy (non-hydrogen) atoms. The SMILES string of the molecule is Cc1c(-c2cccc(Cl)c2)nc2ccccc2c1C(=O)Nc1ccc(F)c(F)c1F. The zero-order chi connectivity index (χ0) is 21.4. The Morgan fingerprint density at radius 1 is 0.967 bits per heavy atom. The Labute approximate surface area is 175 Å². The fourth-order valence-electron chi connectivity index (χ4n) is 3.32. The van der Waals surface area contributed by atoms with Crippen LogP contribution >= 0.6 is 11.6 Å². The van der Waals surface area contributed by atoms with Crippen molar-refractivity contribution in [3.05, 3.63) is 94.3 Å². The van der Waals surface area contributed by atoms with Crippen LogP contribution in [0.15, 0.2) is 60.7 Å². The molecule has 0 saturated heterocycles. The van der Waals surface area contributed by atoms with Gasteiger partial charge >= 0.3 is 0 Å². The van der Waals surface area contributed by atoms with Crippen LogP contribution in [0, 0.1) is 24.4 Å². The second-order valence-corrected chi connectivity index (χ2v) is 7.10. The lowest BCUT2D eigenvalue weighted by atomic mass is 9.97. The molecule has 0 unspecified atom stereocenters. The molecule has 0 spiro atoms. The highest BCUT2D eigenvalue weighted by atomic mass is 35.5. The Balaban J connectivity index is 1.88. The number of aromatic nitrogens is 1. The lowest BCUT2D eigenvalue weighted by Crippen LogP contribution is -2.16. The van der Waals surface area contributed by atoms with E-state index in [1.54, 1.807) is 49.4 Å². The van der Waals surface area contributed by atoms with Crippen molar-refractivity contribution in [3.63, 3.8) is 0 Å². The summed E-state index contributed by atoms with van der Waals surface area (Å²) in [4.78, 5) is 17.8. The van der Waals surface area contributed by atoms with Crippen LogP contribution in [0.1, 0.15) is 15.9 Å². The molecule has 150 valence electrons. The summed E-state index contributed by atoms with van der Waals surface area (Å²) in [5, 5.41) is 3.40. The molecule has 3 nitrogen and oxygen atoms in total. The summed E-state index contributed by atoms with van der Waals surface area (Å²) in [6, 6.07) is 15.7. The number of anilines is 1. The van der Waals surface area contributed by atoms with Gasteiger partial charge in [0, 0.05) is 16.0 Å². The number of fused-ring (bicyclic) bond motifs is 1. The highest BCUT2D eigenvalue weighted by Gasteiger charge is 2.21. The topological polar surface area (TPSA) is 42.0 Å². The van der Waals surface area contributed by atoms with Gasteiger partial charge in [0.2, 0.25) is 0 Å². The minimum absolute atomic E-state index is 0.250. The molecule has 0 aliphatic heterocycles. The highest BCUT2D eigenvalue weighted by Crippen LogP contribution is 2.31. The number of benzene rings is 3. The third-order valence-electron chi connectivity index (χ3n) is 4.74. The van der Waals surface area contributed by atoms with Gasteiger partial charge in [-0.3, -0.25) is 4.79 Å². The van der Waals surface area contributed by atoms with Crippen LogP contribution < -0.4 is 5.32 Å². The van der Waals surface area contributed by atoms with Gasteiger partial charge < -0.3 is 5.32 Å². The van der Waals surface area contributed by atoms with Crippen molar-refractivity contribution < 1.29 is 18.0 Å². The second kappa shape index (κ2) is 7.80. The Hall–Kier alpha value is -3.38. The number of nitrogens with one attached hydrogen (secondary N) is 1. The molecule has 0 saturated carbocycles. The standard InChI is InChI=1S/C23H14ClF3N2O/c1-12-19(23(30)29-18-10-9-16(25)20(26)21(18)27)15-7-2-3-8-17(15)28-22(12)13-5-4-6-14(24)11-13/h2-11H,1H3,(H,29,30). The first-order valence-corrected chi connectivity index (χ1v) is 9.34. The maximum Gasteiger partial charge on any atom is 0.256 e. The lowest BCUT2D eigenvalue weighted by molar-refractivity contribution is 0.102. The van der Waals surface area contributed by atoms with E-state index in [4.69, 9.17) is 11.6 Å². The summed E-state index contributed by atoms with van der Waals surface area (Å²) in [5.41, 5.74) is 2.12. The number of nitrogens with zero attached hydrogens (tertiary/aromatic N) is 1. The maximum atomic E-state index is 14.1. The van der Waals surface area contributed by atoms with Crippen LogP contribution in [0.5, 0.6) is 0 Å². The van der Waals surface area contributed by atoms with Crippen molar-refractivity contribution in [1.29, 1.82) is 0 Å². The smallest absolute Gasteiger partial charge is 0.256 e. The number of carbonyl (C=O) groups excluding carboxylic acids is 1. The summed E-state index contributed by atoms with van der Waals surface area (Å²) >= 11 is 6.11. The van der Waals surface area contributed by atoms with E-state index in [9.17, 15) is 18.0 Å². The van der Waals surface area contributed by atoms with Gasteiger partial charge in [0.25, 0.3) is 5.91 Å². The zero-order valence-corrected chi connectivity index (χ0v) is 16.4. The van der Waals surface area contributed by atoms with Crippen LogP contribution in [0.4, 0.5) is 18.9 Å². The molecule has 0 radical (unpaired) electrons. The molecule has 0 atom stereocenters. The Morgan fingerprint density at radius 2 is 1.73 bits per heavy atom. The molecule has 3 aromatic carbocycles. The molecule has 4 rings (SSSR count). The van der Waals surface area contributed by atoms with Gasteiger partial charge in [0.05, 0.1) is 22.5 Å². The van der Waals surface area contributed by atoms with Crippen LogP contribution in [0.25, 0.3) is 22.2 Å². The monoisotopic (exact) mass is 426 g/mol. The Kier molecular flexibility index (Phi) is 5.18. The highest BCUT2D eigenvalue weighted by molar-refractivity contribution is 6.30. The summed E-state index contributed by atoms with van der Waals surface area (Å²) in [6.45, 7) is 1.71. The predicted molar refractivity (Wildman–Crippen MR) is 111 cm³/mol. The number of halogens is 4. The Morgan fingerprint density at radius 3 is 2.50 bits per heavy atom. The molecule has 0 aliphatic carbocycles. The van der Waals surface area contributed by atoms with Gasteiger partial charge in [0.1, 0.15) is 0 Å². The number of rotatable bonds is 3. The molecule has 7 heteroatoms. The van der Waals surface area contributed by atoms with Crippen molar-refractivity contribution in [2.24, 2.45) is 0 Å². The van der Waals surface area contributed by atoms with Crippen LogP contribution in [-0.4, -0.2) is 10.9 Å².